The summed E-state index contributed by atoms with van der Waals surface area (Å²) in [7, 11) is 0. The Hall–Kier alpha value is -0.410. The van der Waals surface area contributed by atoms with Gasteiger partial charge in [-0.15, -0.1) is 0 Å². The highest BCUT2D eigenvalue weighted by atomic mass is 16.1. The van der Waals surface area contributed by atoms with E-state index in [0.717, 1.165) is 32.1 Å². The molecule has 0 radical (unpaired) electrons. The third-order valence-electron chi connectivity index (χ3n) is 1.50. The van der Waals surface area contributed by atoms with Crippen LogP contribution >= 0.6 is 0 Å². The Morgan fingerprint density at radius 2 is 2.36 bits per heavy atom. The van der Waals surface area contributed by atoms with E-state index in [4.69, 9.17) is 5.73 Å². The average molecular weight is 158 g/mol. The minimum absolute atomic E-state index is 0.103. The Kier molecular flexibility index (Phi) is 7.41. The SMILES string of the molecule is CCCC(N)NCCCC=O. The Labute approximate surface area is 68.3 Å². The first kappa shape index (κ1) is 10.6. The van der Waals surface area contributed by atoms with E-state index in [0.29, 0.717) is 6.42 Å². The zero-order valence-corrected chi connectivity index (χ0v) is 7.18. The van der Waals surface area contributed by atoms with Gasteiger partial charge in [0.25, 0.3) is 0 Å². The van der Waals surface area contributed by atoms with Gasteiger partial charge < -0.3 is 15.8 Å². The van der Waals surface area contributed by atoms with Crippen molar-refractivity contribution in [1.29, 1.82) is 0 Å². The number of rotatable bonds is 7. The summed E-state index contributed by atoms with van der Waals surface area (Å²) >= 11 is 0. The predicted octanol–water partition coefficient (Wildman–Crippen LogP) is 0.640. The van der Waals surface area contributed by atoms with Crippen molar-refractivity contribution in [3.05, 3.63) is 0 Å². The van der Waals surface area contributed by atoms with Gasteiger partial charge in [0, 0.05) is 6.42 Å². The molecule has 0 saturated heterocycles. The fourth-order valence-electron chi connectivity index (χ4n) is 0.886. The van der Waals surface area contributed by atoms with E-state index in [1.165, 1.54) is 0 Å². The zero-order valence-electron chi connectivity index (χ0n) is 7.18. The number of aldehydes is 1. The van der Waals surface area contributed by atoms with Crippen LogP contribution in [0.5, 0.6) is 0 Å². The van der Waals surface area contributed by atoms with Crippen LogP contribution in [0, 0.1) is 0 Å². The molecule has 1 unspecified atom stereocenters. The normalized spacial score (nSPS) is 12.9. The second-order valence-corrected chi connectivity index (χ2v) is 2.66. The second-order valence-electron chi connectivity index (χ2n) is 2.66. The van der Waals surface area contributed by atoms with Crippen LogP contribution in [0.15, 0.2) is 0 Å². The first-order valence-corrected chi connectivity index (χ1v) is 4.23. The van der Waals surface area contributed by atoms with Gasteiger partial charge in [0.15, 0.2) is 0 Å². The van der Waals surface area contributed by atoms with E-state index in [1.807, 2.05) is 0 Å². The maximum absolute atomic E-state index is 9.92. The number of unbranched alkanes of at least 4 members (excludes halogenated alkanes) is 1. The standard InChI is InChI=1S/C8H18N2O/c1-2-5-8(9)10-6-3-4-7-11/h7-8,10H,2-6,9H2,1H3. The molecule has 3 nitrogen and oxygen atoms in total. The van der Waals surface area contributed by atoms with Crippen molar-refractivity contribution < 1.29 is 4.79 Å². The molecule has 0 aromatic heterocycles. The number of nitrogens with one attached hydrogen (secondary N) is 1. The smallest absolute Gasteiger partial charge is 0.120 e. The Balaban J connectivity index is 3.03. The third-order valence-corrected chi connectivity index (χ3v) is 1.50. The van der Waals surface area contributed by atoms with Gasteiger partial charge in [0.2, 0.25) is 0 Å². The molecule has 3 N–H and O–H groups in total. The molecule has 0 saturated carbocycles. The lowest BCUT2D eigenvalue weighted by Crippen LogP contribution is -2.37. The highest BCUT2D eigenvalue weighted by molar-refractivity contribution is 5.48. The lowest BCUT2D eigenvalue weighted by molar-refractivity contribution is -0.107. The van der Waals surface area contributed by atoms with Crippen molar-refractivity contribution in [2.75, 3.05) is 6.54 Å². The van der Waals surface area contributed by atoms with Gasteiger partial charge in [-0.3, -0.25) is 0 Å². The Morgan fingerprint density at radius 1 is 1.64 bits per heavy atom. The van der Waals surface area contributed by atoms with Crippen molar-refractivity contribution in [3.63, 3.8) is 0 Å². The number of carbonyl (C=O) groups is 1. The van der Waals surface area contributed by atoms with E-state index >= 15 is 0 Å². The summed E-state index contributed by atoms with van der Waals surface area (Å²) in [5.74, 6) is 0. The molecule has 66 valence electrons. The van der Waals surface area contributed by atoms with Crippen molar-refractivity contribution in [2.24, 2.45) is 5.73 Å². The fraction of sp³-hybridized carbons (Fsp3) is 0.875. The lowest BCUT2D eigenvalue weighted by Gasteiger charge is -2.11. The van der Waals surface area contributed by atoms with Gasteiger partial charge in [-0.05, 0) is 19.4 Å². The topological polar surface area (TPSA) is 55.1 Å². The monoisotopic (exact) mass is 158 g/mol. The van der Waals surface area contributed by atoms with Gasteiger partial charge in [-0.25, -0.2) is 0 Å². The van der Waals surface area contributed by atoms with E-state index in [-0.39, 0.29) is 6.17 Å². The van der Waals surface area contributed by atoms with E-state index in [1.54, 1.807) is 0 Å². The van der Waals surface area contributed by atoms with Crippen molar-refractivity contribution >= 4 is 6.29 Å². The molecule has 0 fully saturated rings. The molecule has 0 spiro atoms. The van der Waals surface area contributed by atoms with Gasteiger partial charge >= 0.3 is 0 Å². The number of hydrogen-bond donors (Lipinski definition) is 2. The van der Waals surface area contributed by atoms with E-state index in [9.17, 15) is 4.79 Å². The fourth-order valence-corrected chi connectivity index (χ4v) is 0.886. The van der Waals surface area contributed by atoms with Crippen LogP contribution in [-0.2, 0) is 4.79 Å². The number of hydrogen-bond acceptors (Lipinski definition) is 3. The van der Waals surface area contributed by atoms with Crippen LogP contribution in [0.1, 0.15) is 32.6 Å². The van der Waals surface area contributed by atoms with Gasteiger partial charge in [0.05, 0.1) is 6.17 Å². The molecular weight excluding hydrogens is 140 g/mol. The van der Waals surface area contributed by atoms with Crippen LogP contribution in [0.3, 0.4) is 0 Å². The molecule has 0 amide bonds. The van der Waals surface area contributed by atoms with Gasteiger partial charge in [-0.1, -0.05) is 13.3 Å². The van der Waals surface area contributed by atoms with E-state index < -0.39 is 0 Å². The maximum atomic E-state index is 9.92. The molecular formula is C8H18N2O. The van der Waals surface area contributed by atoms with Gasteiger partial charge in [-0.2, -0.15) is 0 Å². The molecule has 0 aliphatic heterocycles. The predicted molar refractivity (Wildman–Crippen MR) is 46.2 cm³/mol. The molecule has 0 rings (SSSR count). The van der Waals surface area contributed by atoms with Crippen molar-refractivity contribution in [1.82, 2.24) is 5.32 Å². The number of carbonyl (C=O) groups excluding carboxylic acids is 1. The largest absolute Gasteiger partial charge is 0.316 e. The summed E-state index contributed by atoms with van der Waals surface area (Å²) in [4.78, 5) is 9.92. The molecule has 0 aliphatic carbocycles. The third kappa shape index (κ3) is 7.49. The van der Waals surface area contributed by atoms with Crippen molar-refractivity contribution in [2.45, 2.75) is 38.8 Å². The Morgan fingerprint density at radius 3 is 2.91 bits per heavy atom. The Bertz CT molecular complexity index is 96.1. The molecule has 0 bridgehead atoms. The summed E-state index contributed by atoms with van der Waals surface area (Å²) in [6, 6.07) is 0. The van der Waals surface area contributed by atoms with Crippen LogP contribution in [-0.4, -0.2) is 19.0 Å². The first-order valence-electron chi connectivity index (χ1n) is 4.23. The molecule has 0 aliphatic rings. The summed E-state index contributed by atoms with van der Waals surface area (Å²) in [5, 5.41) is 3.14. The molecule has 0 aromatic carbocycles. The van der Waals surface area contributed by atoms with Crippen LogP contribution in [0.2, 0.25) is 0 Å². The van der Waals surface area contributed by atoms with Gasteiger partial charge in [0.1, 0.15) is 6.29 Å². The minimum atomic E-state index is 0.103. The summed E-state index contributed by atoms with van der Waals surface area (Å²) < 4.78 is 0. The van der Waals surface area contributed by atoms with Crippen LogP contribution in [0.4, 0.5) is 0 Å². The van der Waals surface area contributed by atoms with Crippen LogP contribution < -0.4 is 11.1 Å². The molecule has 1 atom stereocenters. The number of nitrogens with two attached hydrogens (primary N) is 1. The average Bonchev–Trinajstić information content (AvgIpc) is 1.99. The minimum Gasteiger partial charge on any atom is -0.316 e. The quantitative estimate of drug-likeness (QED) is 0.325. The molecule has 0 aromatic rings. The van der Waals surface area contributed by atoms with Crippen molar-refractivity contribution in [3.8, 4) is 0 Å². The summed E-state index contributed by atoms with van der Waals surface area (Å²) in [6.07, 6.45) is 4.66. The molecule has 3 heteroatoms. The summed E-state index contributed by atoms with van der Waals surface area (Å²) in [5.41, 5.74) is 5.67. The molecule has 0 heterocycles. The lowest BCUT2D eigenvalue weighted by atomic mass is 10.2. The maximum Gasteiger partial charge on any atom is 0.120 e. The highest BCUT2D eigenvalue weighted by Gasteiger charge is 1.97. The zero-order chi connectivity index (χ0) is 8.53. The summed E-state index contributed by atoms with van der Waals surface area (Å²) in [6.45, 7) is 2.95. The highest BCUT2D eigenvalue weighted by Crippen LogP contribution is 1.89. The van der Waals surface area contributed by atoms with E-state index in [2.05, 4.69) is 12.2 Å². The second kappa shape index (κ2) is 7.69. The van der Waals surface area contributed by atoms with Crippen LogP contribution in [0.25, 0.3) is 0 Å². The first-order chi connectivity index (χ1) is 5.31. The molecule has 11 heavy (non-hydrogen) atoms.